The molecule has 2 aromatic carbocycles. The Bertz CT molecular complexity index is 471. The normalized spacial score (nSPS) is 10.1. The maximum absolute atomic E-state index is 8.77. The van der Waals surface area contributed by atoms with Gasteiger partial charge in [0, 0.05) is 24.5 Å². The molecule has 2 rings (SSSR count). The summed E-state index contributed by atoms with van der Waals surface area (Å²) < 4.78 is 0. The highest BCUT2D eigenvalue weighted by molar-refractivity contribution is 5.56. The van der Waals surface area contributed by atoms with Crippen molar-refractivity contribution in [1.82, 2.24) is 0 Å². The van der Waals surface area contributed by atoms with Crippen LogP contribution in [0.2, 0.25) is 0 Å². The van der Waals surface area contributed by atoms with Gasteiger partial charge < -0.3 is 15.7 Å². The Balaban J connectivity index is 1.93. The molecular weight excluding hydrogens is 224 g/mol. The monoisotopic (exact) mass is 242 g/mol. The summed E-state index contributed by atoms with van der Waals surface area (Å²) in [7, 11) is 0. The lowest BCUT2D eigenvalue weighted by Gasteiger charge is -2.09. The molecule has 0 aliphatic heterocycles. The van der Waals surface area contributed by atoms with Crippen LogP contribution in [0.15, 0.2) is 54.6 Å². The number of anilines is 2. The highest BCUT2D eigenvalue weighted by Crippen LogP contribution is 2.15. The van der Waals surface area contributed by atoms with Crippen molar-refractivity contribution in [3.05, 3.63) is 60.2 Å². The van der Waals surface area contributed by atoms with Crippen molar-refractivity contribution in [2.75, 3.05) is 23.8 Å². The lowest BCUT2D eigenvalue weighted by molar-refractivity contribution is 0.311. The third-order valence-corrected chi connectivity index (χ3v) is 2.64. The summed E-state index contributed by atoms with van der Waals surface area (Å²) in [6.07, 6.45) is 0. The van der Waals surface area contributed by atoms with E-state index in [1.807, 2.05) is 42.5 Å². The van der Waals surface area contributed by atoms with Crippen LogP contribution in [0.4, 0.5) is 11.4 Å². The van der Waals surface area contributed by atoms with Crippen LogP contribution in [0.5, 0.6) is 0 Å². The third kappa shape index (κ3) is 3.79. The zero-order chi connectivity index (χ0) is 12.6. The predicted molar refractivity (Wildman–Crippen MR) is 75.8 cm³/mol. The molecule has 0 radical (unpaired) electrons. The van der Waals surface area contributed by atoms with E-state index in [1.54, 1.807) is 0 Å². The number of aliphatic hydroxyl groups excluding tert-OH is 1. The van der Waals surface area contributed by atoms with Gasteiger partial charge in [-0.1, -0.05) is 36.4 Å². The van der Waals surface area contributed by atoms with Gasteiger partial charge in [-0.15, -0.1) is 0 Å². The molecule has 0 unspecified atom stereocenters. The van der Waals surface area contributed by atoms with Crippen LogP contribution in [0.25, 0.3) is 0 Å². The van der Waals surface area contributed by atoms with Crippen molar-refractivity contribution in [2.45, 2.75) is 6.54 Å². The third-order valence-electron chi connectivity index (χ3n) is 2.64. The van der Waals surface area contributed by atoms with Gasteiger partial charge in [0.15, 0.2) is 0 Å². The first-order chi connectivity index (χ1) is 8.88. The number of rotatable bonds is 6. The largest absolute Gasteiger partial charge is 0.395 e. The molecule has 0 aromatic heterocycles. The Morgan fingerprint density at radius 2 is 1.56 bits per heavy atom. The van der Waals surface area contributed by atoms with Crippen molar-refractivity contribution in [2.24, 2.45) is 0 Å². The van der Waals surface area contributed by atoms with Crippen LogP contribution in [-0.4, -0.2) is 18.3 Å². The molecule has 0 spiro atoms. The van der Waals surface area contributed by atoms with E-state index >= 15 is 0 Å². The second-order valence-corrected chi connectivity index (χ2v) is 4.07. The molecule has 0 aliphatic carbocycles. The Labute approximate surface area is 107 Å². The van der Waals surface area contributed by atoms with Crippen molar-refractivity contribution < 1.29 is 5.11 Å². The number of nitrogens with one attached hydrogen (secondary N) is 2. The molecule has 18 heavy (non-hydrogen) atoms. The molecule has 3 heteroatoms. The van der Waals surface area contributed by atoms with Crippen molar-refractivity contribution in [3.8, 4) is 0 Å². The average molecular weight is 242 g/mol. The summed E-state index contributed by atoms with van der Waals surface area (Å²) in [5.74, 6) is 0. The van der Waals surface area contributed by atoms with Gasteiger partial charge in [-0.25, -0.2) is 0 Å². The summed E-state index contributed by atoms with van der Waals surface area (Å²) in [4.78, 5) is 0. The second-order valence-electron chi connectivity index (χ2n) is 4.07. The van der Waals surface area contributed by atoms with Crippen LogP contribution < -0.4 is 10.6 Å². The molecule has 0 bridgehead atoms. The fraction of sp³-hybridized carbons (Fsp3) is 0.200. The maximum Gasteiger partial charge on any atom is 0.0604 e. The van der Waals surface area contributed by atoms with Crippen LogP contribution in [-0.2, 0) is 6.54 Å². The average Bonchev–Trinajstić information content (AvgIpc) is 2.44. The summed E-state index contributed by atoms with van der Waals surface area (Å²) in [5, 5.41) is 15.3. The zero-order valence-corrected chi connectivity index (χ0v) is 10.3. The highest BCUT2D eigenvalue weighted by Gasteiger charge is 1.95. The summed E-state index contributed by atoms with van der Waals surface area (Å²) >= 11 is 0. The van der Waals surface area contributed by atoms with Gasteiger partial charge >= 0.3 is 0 Å². The molecule has 3 N–H and O–H groups in total. The minimum absolute atomic E-state index is 0.141. The van der Waals surface area contributed by atoms with Gasteiger partial charge in [0.05, 0.1) is 6.61 Å². The minimum Gasteiger partial charge on any atom is -0.395 e. The SMILES string of the molecule is OCCNc1cccc(NCc2ccccc2)c1. The van der Waals surface area contributed by atoms with E-state index in [4.69, 9.17) is 5.11 Å². The molecule has 0 saturated carbocycles. The first-order valence-electron chi connectivity index (χ1n) is 6.11. The predicted octanol–water partition coefficient (Wildman–Crippen LogP) is 2.70. The Morgan fingerprint density at radius 1 is 0.833 bits per heavy atom. The van der Waals surface area contributed by atoms with Crippen molar-refractivity contribution >= 4 is 11.4 Å². The highest BCUT2D eigenvalue weighted by atomic mass is 16.3. The van der Waals surface area contributed by atoms with E-state index in [0.717, 1.165) is 17.9 Å². The summed E-state index contributed by atoms with van der Waals surface area (Å²) in [6.45, 7) is 1.52. The smallest absolute Gasteiger partial charge is 0.0604 e. The number of hydrogen-bond donors (Lipinski definition) is 3. The summed E-state index contributed by atoms with van der Waals surface area (Å²) in [6, 6.07) is 18.3. The molecule has 0 aliphatic rings. The standard InChI is InChI=1S/C15H18N2O/c18-10-9-16-14-7-4-8-15(11-14)17-12-13-5-2-1-3-6-13/h1-8,11,16-18H,9-10,12H2. The van der Waals surface area contributed by atoms with Crippen molar-refractivity contribution in [3.63, 3.8) is 0 Å². The van der Waals surface area contributed by atoms with E-state index in [-0.39, 0.29) is 6.61 Å². The number of aliphatic hydroxyl groups is 1. The summed E-state index contributed by atoms with van der Waals surface area (Å²) in [5.41, 5.74) is 3.34. The van der Waals surface area contributed by atoms with Crippen LogP contribution in [0.3, 0.4) is 0 Å². The molecule has 0 fully saturated rings. The van der Waals surface area contributed by atoms with Gasteiger partial charge in [-0.2, -0.15) is 0 Å². The Morgan fingerprint density at radius 3 is 2.28 bits per heavy atom. The van der Waals surface area contributed by atoms with Gasteiger partial charge in [0.1, 0.15) is 0 Å². The Kier molecular flexibility index (Phi) is 4.61. The quantitative estimate of drug-likeness (QED) is 0.729. The molecular formula is C15H18N2O. The van der Waals surface area contributed by atoms with E-state index < -0.39 is 0 Å². The minimum atomic E-state index is 0.141. The molecule has 0 heterocycles. The van der Waals surface area contributed by atoms with Crippen LogP contribution >= 0.6 is 0 Å². The van der Waals surface area contributed by atoms with E-state index in [0.29, 0.717) is 6.54 Å². The van der Waals surface area contributed by atoms with Gasteiger partial charge in [-0.3, -0.25) is 0 Å². The molecule has 2 aromatic rings. The lowest BCUT2D eigenvalue weighted by Crippen LogP contribution is -2.06. The molecule has 0 atom stereocenters. The second kappa shape index (κ2) is 6.67. The fourth-order valence-corrected chi connectivity index (χ4v) is 1.74. The maximum atomic E-state index is 8.77. The molecule has 0 amide bonds. The van der Waals surface area contributed by atoms with Crippen LogP contribution in [0, 0.1) is 0 Å². The number of hydrogen-bond acceptors (Lipinski definition) is 3. The van der Waals surface area contributed by atoms with Crippen molar-refractivity contribution in [1.29, 1.82) is 0 Å². The molecule has 3 nitrogen and oxygen atoms in total. The van der Waals surface area contributed by atoms with Crippen LogP contribution in [0.1, 0.15) is 5.56 Å². The zero-order valence-electron chi connectivity index (χ0n) is 10.3. The van der Waals surface area contributed by atoms with E-state index in [9.17, 15) is 0 Å². The first kappa shape index (κ1) is 12.5. The lowest BCUT2D eigenvalue weighted by atomic mass is 10.2. The topological polar surface area (TPSA) is 44.3 Å². The van der Waals surface area contributed by atoms with Gasteiger partial charge in [-0.05, 0) is 23.8 Å². The van der Waals surface area contributed by atoms with E-state index in [1.165, 1.54) is 5.56 Å². The Hall–Kier alpha value is -2.00. The molecule has 94 valence electrons. The first-order valence-corrected chi connectivity index (χ1v) is 6.11. The van der Waals surface area contributed by atoms with E-state index in [2.05, 4.69) is 22.8 Å². The van der Waals surface area contributed by atoms with Gasteiger partial charge in [0.2, 0.25) is 0 Å². The fourth-order valence-electron chi connectivity index (χ4n) is 1.74. The number of benzene rings is 2. The van der Waals surface area contributed by atoms with Gasteiger partial charge in [0.25, 0.3) is 0 Å². The molecule has 0 saturated heterocycles.